The lowest BCUT2D eigenvalue weighted by Gasteiger charge is -2.08. The van der Waals surface area contributed by atoms with Gasteiger partial charge in [-0.1, -0.05) is 30.3 Å². The summed E-state index contributed by atoms with van der Waals surface area (Å²) in [5.41, 5.74) is 0.915. The minimum Gasteiger partial charge on any atom is -0.496 e. The zero-order chi connectivity index (χ0) is 14.8. The molecule has 1 N–H and O–H groups in total. The lowest BCUT2D eigenvalue weighted by molar-refractivity contribution is 0.415. The monoisotopic (exact) mass is 298 g/mol. The molecule has 0 aliphatic heterocycles. The fourth-order valence-corrected chi connectivity index (χ4v) is 2.43. The van der Waals surface area contributed by atoms with Crippen molar-refractivity contribution in [2.75, 3.05) is 7.11 Å². The SMILES string of the molecule is COc1ccc2ccccc2c1/C=N/n1c(C)n[nH]c1=S. The summed E-state index contributed by atoms with van der Waals surface area (Å²) in [4.78, 5) is 0. The first kappa shape index (κ1) is 13.5. The summed E-state index contributed by atoms with van der Waals surface area (Å²) in [6.45, 7) is 1.84. The van der Waals surface area contributed by atoms with Crippen LogP contribution in [0.3, 0.4) is 0 Å². The number of nitrogens with one attached hydrogen (secondary N) is 1. The Labute approximate surface area is 126 Å². The molecule has 0 saturated heterocycles. The van der Waals surface area contributed by atoms with Crippen LogP contribution in [0.15, 0.2) is 41.5 Å². The molecule has 106 valence electrons. The Hall–Kier alpha value is -2.47. The second-order valence-corrected chi connectivity index (χ2v) is 4.92. The van der Waals surface area contributed by atoms with Crippen LogP contribution in [0.5, 0.6) is 5.75 Å². The van der Waals surface area contributed by atoms with Crippen LogP contribution in [0.2, 0.25) is 0 Å². The van der Waals surface area contributed by atoms with E-state index < -0.39 is 0 Å². The summed E-state index contributed by atoms with van der Waals surface area (Å²) in [6.07, 6.45) is 1.75. The Bertz CT molecular complexity index is 879. The number of hydrogen-bond donors (Lipinski definition) is 1. The van der Waals surface area contributed by atoms with Gasteiger partial charge in [0.25, 0.3) is 0 Å². The molecule has 0 radical (unpaired) electrons. The summed E-state index contributed by atoms with van der Waals surface area (Å²) >= 11 is 5.15. The molecule has 0 atom stereocenters. The van der Waals surface area contributed by atoms with E-state index in [1.54, 1.807) is 18.0 Å². The van der Waals surface area contributed by atoms with Crippen molar-refractivity contribution in [2.24, 2.45) is 5.10 Å². The average Bonchev–Trinajstić information content (AvgIpc) is 2.83. The minimum atomic E-state index is 0.461. The number of fused-ring (bicyclic) bond motifs is 1. The first-order valence-corrected chi connectivity index (χ1v) is 6.85. The lowest BCUT2D eigenvalue weighted by atomic mass is 10.0. The smallest absolute Gasteiger partial charge is 0.216 e. The van der Waals surface area contributed by atoms with Gasteiger partial charge in [0.1, 0.15) is 11.6 Å². The highest BCUT2D eigenvalue weighted by Crippen LogP contribution is 2.26. The van der Waals surface area contributed by atoms with Crippen LogP contribution in [0.25, 0.3) is 10.8 Å². The van der Waals surface area contributed by atoms with Crippen LogP contribution in [-0.2, 0) is 0 Å². The number of aromatic amines is 1. The summed E-state index contributed by atoms with van der Waals surface area (Å²) < 4.78 is 7.47. The summed E-state index contributed by atoms with van der Waals surface area (Å²) in [6, 6.07) is 12.1. The topological polar surface area (TPSA) is 55.2 Å². The Morgan fingerprint density at radius 1 is 1.29 bits per heavy atom. The predicted molar refractivity (Wildman–Crippen MR) is 85.6 cm³/mol. The second-order valence-electron chi connectivity index (χ2n) is 4.53. The summed E-state index contributed by atoms with van der Waals surface area (Å²) in [5.74, 6) is 1.47. The van der Waals surface area contributed by atoms with E-state index in [1.807, 2.05) is 37.3 Å². The molecule has 1 aromatic heterocycles. The molecular weight excluding hydrogens is 284 g/mol. The predicted octanol–water partition coefficient (Wildman–Crippen LogP) is 3.29. The molecule has 1 heterocycles. The Balaban J connectivity index is 2.17. The van der Waals surface area contributed by atoms with Gasteiger partial charge in [-0.2, -0.15) is 14.9 Å². The zero-order valence-electron chi connectivity index (χ0n) is 11.7. The molecule has 0 fully saturated rings. The first-order chi connectivity index (χ1) is 10.2. The van der Waals surface area contributed by atoms with Crippen molar-refractivity contribution in [1.29, 1.82) is 0 Å². The molecule has 0 aliphatic carbocycles. The Kier molecular flexibility index (Phi) is 3.53. The maximum absolute atomic E-state index is 5.43. The molecule has 0 amide bonds. The van der Waals surface area contributed by atoms with Crippen LogP contribution in [0.4, 0.5) is 0 Å². The molecule has 21 heavy (non-hydrogen) atoms. The molecule has 0 spiro atoms. The third kappa shape index (κ3) is 2.45. The molecule has 0 unspecified atom stereocenters. The quantitative estimate of drug-likeness (QED) is 0.596. The molecule has 5 nitrogen and oxygen atoms in total. The van der Waals surface area contributed by atoms with E-state index in [0.29, 0.717) is 10.6 Å². The molecule has 0 bridgehead atoms. The highest BCUT2D eigenvalue weighted by atomic mass is 32.1. The number of rotatable bonds is 3. The van der Waals surface area contributed by atoms with Gasteiger partial charge in [0.15, 0.2) is 0 Å². The van der Waals surface area contributed by atoms with Crippen molar-refractivity contribution >= 4 is 29.2 Å². The molecular formula is C15H14N4OS. The van der Waals surface area contributed by atoms with Crippen molar-refractivity contribution < 1.29 is 4.74 Å². The van der Waals surface area contributed by atoms with Gasteiger partial charge in [0.2, 0.25) is 4.77 Å². The number of H-pyrrole nitrogens is 1. The van der Waals surface area contributed by atoms with Gasteiger partial charge >= 0.3 is 0 Å². The van der Waals surface area contributed by atoms with Crippen LogP contribution in [-0.4, -0.2) is 28.2 Å². The van der Waals surface area contributed by atoms with Gasteiger partial charge in [0.05, 0.1) is 13.3 Å². The number of aryl methyl sites for hydroxylation is 1. The van der Waals surface area contributed by atoms with Crippen LogP contribution in [0.1, 0.15) is 11.4 Å². The fraction of sp³-hybridized carbons (Fsp3) is 0.133. The molecule has 3 rings (SSSR count). The Morgan fingerprint density at radius 3 is 2.81 bits per heavy atom. The summed E-state index contributed by atoms with van der Waals surface area (Å²) in [5, 5.41) is 13.4. The maximum Gasteiger partial charge on any atom is 0.216 e. The van der Waals surface area contributed by atoms with Gasteiger partial charge in [-0.15, -0.1) is 0 Å². The first-order valence-electron chi connectivity index (χ1n) is 6.45. The van der Waals surface area contributed by atoms with Gasteiger partial charge in [0, 0.05) is 5.56 Å². The number of nitrogens with zero attached hydrogens (tertiary/aromatic N) is 3. The third-order valence-electron chi connectivity index (χ3n) is 3.27. The molecule has 0 aliphatic rings. The van der Waals surface area contributed by atoms with E-state index in [0.717, 1.165) is 22.1 Å². The standard InChI is InChI=1S/C15H14N4OS/c1-10-17-18-15(21)19(10)16-9-13-12-6-4-3-5-11(12)7-8-14(13)20-2/h3-9H,1-2H3,(H,18,21)/b16-9+. The third-order valence-corrected chi connectivity index (χ3v) is 3.53. The zero-order valence-corrected chi connectivity index (χ0v) is 12.5. The van der Waals surface area contributed by atoms with E-state index in [9.17, 15) is 0 Å². The van der Waals surface area contributed by atoms with Crippen molar-refractivity contribution in [2.45, 2.75) is 6.92 Å². The average molecular weight is 298 g/mol. The van der Waals surface area contributed by atoms with Crippen LogP contribution in [0, 0.1) is 11.7 Å². The Morgan fingerprint density at radius 2 is 2.10 bits per heavy atom. The summed E-state index contributed by atoms with van der Waals surface area (Å²) in [7, 11) is 1.65. The van der Waals surface area contributed by atoms with Gasteiger partial charge in [-0.05, 0) is 36.0 Å². The number of methoxy groups -OCH3 is 1. The number of benzene rings is 2. The highest BCUT2D eigenvalue weighted by Gasteiger charge is 2.06. The van der Waals surface area contributed by atoms with Crippen molar-refractivity contribution in [3.8, 4) is 5.75 Å². The van der Waals surface area contributed by atoms with E-state index in [2.05, 4.69) is 21.4 Å². The van der Waals surface area contributed by atoms with Crippen LogP contribution >= 0.6 is 12.2 Å². The normalized spacial score (nSPS) is 11.3. The van der Waals surface area contributed by atoms with Crippen molar-refractivity contribution in [3.05, 3.63) is 52.6 Å². The van der Waals surface area contributed by atoms with E-state index in [-0.39, 0.29) is 0 Å². The van der Waals surface area contributed by atoms with E-state index >= 15 is 0 Å². The van der Waals surface area contributed by atoms with E-state index in [1.165, 1.54) is 0 Å². The number of hydrogen-bond acceptors (Lipinski definition) is 4. The van der Waals surface area contributed by atoms with E-state index in [4.69, 9.17) is 17.0 Å². The van der Waals surface area contributed by atoms with Gasteiger partial charge in [-0.25, -0.2) is 0 Å². The van der Waals surface area contributed by atoms with Crippen molar-refractivity contribution in [1.82, 2.24) is 14.9 Å². The van der Waals surface area contributed by atoms with Crippen LogP contribution < -0.4 is 4.74 Å². The highest BCUT2D eigenvalue weighted by molar-refractivity contribution is 7.71. The second kappa shape index (κ2) is 5.49. The number of aromatic nitrogens is 3. The van der Waals surface area contributed by atoms with Gasteiger partial charge in [-0.3, -0.25) is 5.10 Å². The fourth-order valence-electron chi connectivity index (χ4n) is 2.21. The maximum atomic E-state index is 5.43. The molecule has 0 saturated carbocycles. The number of ether oxygens (including phenoxy) is 1. The van der Waals surface area contributed by atoms with Gasteiger partial charge < -0.3 is 4.74 Å². The molecule has 3 aromatic rings. The minimum absolute atomic E-state index is 0.461. The molecule has 2 aromatic carbocycles. The van der Waals surface area contributed by atoms with Crippen molar-refractivity contribution in [3.63, 3.8) is 0 Å². The largest absolute Gasteiger partial charge is 0.496 e. The lowest BCUT2D eigenvalue weighted by Crippen LogP contribution is -1.97. The molecule has 6 heteroatoms.